The molecule has 2 aromatic carbocycles. The average molecular weight is 462 g/mol. The SMILES string of the molecule is CCCCN(CCCC)P1(=S)N(C)c2ccc(Cl)cc2C2c3ccccc3CCN21. The van der Waals surface area contributed by atoms with Crippen LogP contribution in [0.5, 0.6) is 0 Å². The standard InChI is InChI=1S/C24H33ClN3PS/c1-4-6-15-27(16-7-5-2)29(30)26(3)23-13-12-20(25)18-22(23)24-21-11-9-8-10-19(21)14-17-28(24)29/h8-13,18,24H,4-7,14-17H2,1-3H3. The Hall–Kier alpha value is -0.900. The minimum atomic E-state index is -2.12. The number of nitrogens with zero attached hydrogens (tertiary/aromatic N) is 3. The first-order chi connectivity index (χ1) is 14.5. The van der Waals surface area contributed by atoms with Crippen LogP contribution in [0.25, 0.3) is 0 Å². The number of unbranched alkanes of at least 4 members (excludes halogenated alkanes) is 2. The van der Waals surface area contributed by atoms with Crippen LogP contribution in [0.15, 0.2) is 42.5 Å². The molecule has 2 atom stereocenters. The van der Waals surface area contributed by atoms with Crippen LogP contribution in [0.3, 0.4) is 0 Å². The van der Waals surface area contributed by atoms with Gasteiger partial charge in [0.25, 0.3) is 0 Å². The lowest BCUT2D eigenvalue weighted by atomic mass is 9.89. The largest absolute Gasteiger partial charge is 0.323 e. The summed E-state index contributed by atoms with van der Waals surface area (Å²) in [6, 6.07) is 15.5. The number of rotatable bonds is 7. The van der Waals surface area contributed by atoms with Gasteiger partial charge >= 0.3 is 0 Å². The van der Waals surface area contributed by atoms with Crippen molar-refractivity contribution < 1.29 is 0 Å². The van der Waals surface area contributed by atoms with Gasteiger partial charge in [-0.3, -0.25) is 0 Å². The Balaban J connectivity index is 1.89. The highest BCUT2D eigenvalue weighted by molar-refractivity contribution is 8.13. The van der Waals surface area contributed by atoms with E-state index in [-0.39, 0.29) is 6.04 Å². The van der Waals surface area contributed by atoms with E-state index >= 15 is 0 Å². The molecule has 0 radical (unpaired) electrons. The predicted octanol–water partition coefficient (Wildman–Crippen LogP) is 6.86. The lowest BCUT2D eigenvalue weighted by Gasteiger charge is -2.56. The molecule has 162 valence electrons. The smallest absolute Gasteiger partial charge is 0.170 e. The summed E-state index contributed by atoms with van der Waals surface area (Å²) in [5.41, 5.74) is 5.40. The lowest BCUT2D eigenvalue weighted by Crippen LogP contribution is -2.48. The monoisotopic (exact) mass is 461 g/mol. The number of anilines is 1. The second-order valence-electron chi connectivity index (χ2n) is 8.42. The summed E-state index contributed by atoms with van der Waals surface area (Å²) in [4.78, 5) is 0. The van der Waals surface area contributed by atoms with Gasteiger partial charge in [-0.15, -0.1) is 0 Å². The summed E-state index contributed by atoms with van der Waals surface area (Å²) in [7, 11) is 2.22. The Labute approximate surface area is 192 Å². The van der Waals surface area contributed by atoms with Gasteiger partial charge in [0.05, 0.1) is 6.04 Å². The van der Waals surface area contributed by atoms with Crippen molar-refractivity contribution in [2.75, 3.05) is 31.4 Å². The molecule has 2 aromatic rings. The van der Waals surface area contributed by atoms with Gasteiger partial charge in [0, 0.05) is 37.4 Å². The van der Waals surface area contributed by atoms with E-state index in [4.69, 9.17) is 23.4 Å². The minimum absolute atomic E-state index is 0.191. The average Bonchev–Trinajstić information content (AvgIpc) is 2.76. The molecular weight excluding hydrogens is 429 g/mol. The van der Waals surface area contributed by atoms with Gasteiger partial charge in [-0.05, 0) is 66.0 Å². The molecule has 2 aliphatic rings. The molecule has 30 heavy (non-hydrogen) atoms. The van der Waals surface area contributed by atoms with Crippen LogP contribution in [0.2, 0.25) is 5.02 Å². The fraction of sp³-hybridized carbons (Fsp3) is 0.500. The summed E-state index contributed by atoms with van der Waals surface area (Å²) >= 11 is 13.2. The third-order valence-electron chi connectivity index (χ3n) is 6.52. The Bertz CT molecular complexity index is 942. The van der Waals surface area contributed by atoms with Crippen LogP contribution in [0.1, 0.15) is 62.3 Å². The van der Waals surface area contributed by atoms with E-state index in [1.165, 1.54) is 48.1 Å². The lowest BCUT2D eigenvalue weighted by molar-refractivity contribution is 0.317. The zero-order valence-electron chi connectivity index (χ0n) is 18.4. The maximum Gasteiger partial charge on any atom is 0.170 e. The van der Waals surface area contributed by atoms with Crippen molar-refractivity contribution >= 4 is 35.6 Å². The highest BCUT2D eigenvalue weighted by atomic mass is 35.5. The molecule has 3 nitrogen and oxygen atoms in total. The van der Waals surface area contributed by atoms with Gasteiger partial charge in [0.2, 0.25) is 0 Å². The van der Waals surface area contributed by atoms with Gasteiger partial charge in [-0.2, -0.15) is 0 Å². The molecule has 0 bridgehead atoms. The Morgan fingerprint density at radius 1 is 1.07 bits per heavy atom. The van der Waals surface area contributed by atoms with Crippen molar-refractivity contribution in [2.45, 2.75) is 52.0 Å². The minimum Gasteiger partial charge on any atom is -0.323 e. The van der Waals surface area contributed by atoms with E-state index in [2.05, 4.69) is 71.3 Å². The highest BCUT2D eigenvalue weighted by Gasteiger charge is 2.48. The zero-order chi connectivity index (χ0) is 21.3. The molecule has 2 heterocycles. The Kier molecular flexibility index (Phi) is 6.91. The summed E-state index contributed by atoms with van der Waals surface area (Å²) in [6.07, 6.45) is 5.83. The molecule has 2 aliphatic heterocycles. The third kappa shape index (κ3) is 3.76. The predicted molar refractivity (Wildman–Crippen MR) is 134 cm³/mol. The van der Waals surface area contributed by atoms with Gasteiger partial charge in [-0.25, -0.2) is 9.34 Å². The molecule has 2 unspecified atom stereocenters. The van der Waals surface area contributed by atoms with E-state index < -0.39 is 6.49 Å². The van der Waals surface area contributed by atoms with Crippen LogP contribution in [0, 0.1) is 0 Å². The molecule has 0 fully saturated rings. The number of fused-ring (bicyclic) bond motifs is 5. The maximum absolute atomic E-state index is 6.72. The normalized spacial score (nSPS) is 23.2. The van der Waals surface area contributed by atoms with E-state index in [1.54, 1.807) is 0 Å². The third-order valence-corrected chi connectivity index (χ3v) is 12.1. The first-order valence-corrected chi connectivity index (χ1v) is 14.3. The van der Waals surface area contributed by atoms with Gasteiger partial charge < -0.3 is 4.67 Å². The van der Waals surface area contributed by atoms with Crippen LogP contribution in [0.4, 0.5) is 5.69 Å². The Morgan fingerprint density at radius 3 is 2.47 bits per heavy atom. The van der Waals surface area contributed by atoms with Crippen molar-refractivity contribution in [2.24, 2.45) is 0 Å². The fourth-order valence-electron chi connectivity index (χ4n) is 4.92. The molecule has 0 saturated carbocycles. The van der Waals surface area contributed by atoms with Crippen molar-refractivity contribution in [3.8, 4) is 0 Å². The molecule has 0 spiro atoms. The summed E-state index contributed by atoms with van der Waals surface area (Å²) in [5.74, 6) is 0. The van der Waals surface area contributed by atoms with Crippen LogP contribution in [-0.4, -0.2) is 36.0 Å². The summed E-state index contributed by atoms with van der Waals surface area (Å²) < 4.78 is 7.76. The number of hydrogen-bond donors (Lipinski definition) is 0. The second-order valence-corrected chi connectivity index (χ2v) is 13.0. The highest BCUT2D eigenvalue weighted by Crippen LogP contribution is 2.67. The number of halogens is 1. The van der Waals surface area contributed by atoms with E-state index in [0.717, 1.165) is 31.1 Å². The molecule has 0 amide bonds. The van der Waals surface area contributed by atoms with Crippen LogP contribution >= 0.6 is 18.1 Å². The van der Waals surface area contributed by atoms with E-state index in [1.807, 2.05) is 6.07 Å². The first kappa shape index (κ1) is 22.3. The maximum atomic E-state index is 6.72. The summed E-state index contributed by atoms with van der Waals surface area (Å²) in [6.45, 7) is 5.58. The van der Waals surface area contributed by atoms with Gasteiger partial charge in [0.15, 0.2) is 6.49 Å². The van der Waals surface area contributed by atoms with Crippen LogP contribution in [-0.2, 0) is 18.2 Å². The Morgan fingerprint density at radius 2 is 1.77 bits per heavy atom. The van der Waals surface area contributed by atoms with E-state index in [0.29, 0.717) is 0 Å². The quantitative estimate of drug-likeness (QED) is 0.416. The molecule has 0 aliphatic carbocycles. The molecule has 0 aromatic heterocycles. The van der Waals surface area contributed by atoms with Gasteiger partial charge in [-0.1, -0.05) is 62.6 Å². The van der Waals surface area contributed by atoms with Crippen molar-refractivity contribution in [1.29, 1.82) is 0 Å². The first-order valence-electron chi connectivity index (χ1n) is 11.3. The topological polar surface area (TPSA) is 9.72 Å². The van der Waals surface area contributed by atoms with Gasteiger partial charge in [0.1, 0.15) is 0 Å². The summed E-state index contributed by atoms with van der Waals surface area (Å²) in [5, 5.41) is 0.800. The number of hydrogen-bond acceptors (Lipinski definition) is 1. The molecular formula is C24H33ClN3PS. The molecule has 0 N–H and O–H groups in total. The molecule has 0 saturated heterocycles. The van der Waals surface area contributed by atoms with Crippen molar-refractivity contribution in [3.63, 3.8) is 0 Å². The van der Waals surface area contributed by atoms with Crippen LogP contribution < -0.4 is 4.67 Å². The molecule has 4 rings (SSSR count). The van der Waals surface area contributed by atoms with Crippen molar-refractivity contribution in [3.05, 3.63) is 64.2 Å². The molecule has 6 heteroatoms. The number of benzene rings is 2. The fourth-order valence-corrected chi connectivity index (χ4v) is 9.61. The van der Waals surface area contributed by atoms with E-state index in [9.17, 15) is 0 Å². The second kappa shape index (κ2) is 9.30. The zero-order valence-corrected chi connectivity index (χ0v) is 20.8. The van der Waals surface area contributed by atoms with Crippen molar-refractivity contribution in [1.82, 2.24) is 9.34 Å².